The molecule has 2 unspecified atom stereocenters. The first-order valence-electron chi connectivity index (χ1n) is 28.1. The molecule has 0 spiro atoms. The normalized spacial score (nSPS) is 11.9. The van der Waals surface area contributed by atoms with Crippen LogP contribution in [-0.2, 0) is 6.54 Å². The lowest BCUT2D eigenvalue weighted by molar-refractivity contribution is 0.0694. The van der Waals surface area contributed by atoms with Gasteiger partial charge in [-0.1, -0.05) is 50.2 Å². The number of amides is 1. The van der Waals surface area contributed by atoms with Crippen molar-refractivity contribution in [2.45, 2.75) is 59.7 Å². The molecule has 13 rings (SSSR count). The minimum atomic E-state index is -1.31. The SMILES string of the molecule is CCC(C)Nc1ccc2[nH]c3c(C(N)=O)cc(=O)c(=O)c=3oc2c1.CCNC(C)c1ccc2nc3c4ccccc4c(=O)cc-3oc2c1.CCNc1ccc2[nH]c3c(C(=O)O)cc(=O)c(=O)c=3oc2c1.CNCc1ccc2nc3ccc(=O)cc-3sc2c1. The molecule has 446 valence electrons. The molecule has 4 heterocycles. The van der Waals surface area contributed by atoms with Crippen LogP contribution in [0, 0.1) is 21.5 Å². The maximum atomic E-state index is 12.3. The third-order valence-corrected chi connectivity index (χ3v) is 15.5. The zero-order valence-corrected chi connectivity index (χ0v) is 49.3. The number of primary amides is 1. The molecule has 0 bridgehead atoms. The molecule has 5 aromatic carbocycles. The van der Waals surface area contributed by atoms with Gasteiger partial charge in [-0.25, -0.2) is 14.8 Å². The van der Waals surface area contributed by atoms with Crippen LogP contribution in [0.4, 0.5) is 11.4 Å². The molecule has 5 aromatic rings. The van der Waals surface area contributed by atoms with Gasteiger partial charge in [0.25, 0.3) is 16.8 Å². The second-order valence-electron chi connectivity index (χ2n) is 20.6. The molecule has 1 amide bonds. The summed E-state index contributed by atoms with van der Waals surface area (Å²) < 4.78 is 18.2. The molecule has 0 saturated heterocycles. The Morgan fingerprint density at radius 3 is 1.94 bits per heavy atom. The van der Waals surface area contributed by atoms with Crippen molar-refractivity contribution in [3.05, 3.63) is 239 Å². The van der Waals surface area contributed by atoms with E-state index in [1.807, 2.05) is 69.4 Å². The Morgan fingerprint density at radius 1 is 0.648 bits per heavy atom. The number of carbonyl (C=O) groups excluding carboxylic acids is 1. The Hall–Kier alpha value is -10.7. The van der Waals surface area contributed by atoms with Gasteiger partial charge in [0, 0.05) is 83.7 Å². The van der Waals surface area contributed by atoms with E-state index in [0.29, 0.717) is 45.5 Å². The zero-order chi connectivity index (χ0) is 62.5. The lowest BCUT2D eigenvalue weighted by Crippen LogP contribution is -2.28. The number of H-pyrrole nitrogens is 2. The Labute approximate surface area is 501 Å². The van der Waals surface area contributed by atoms with Gasteiger partial charge in [0.1, 0.15) is 16.6 Å². The second kappa shape index (κ2) is 25.9. The van der Waals surface area contributed by atoms with Gasteiger partial charge in [-0.05, 0) is 113 Å². The van der Waals surface area contributed by atoms with Gasteiger partial charge in [-0.15, -0.1) is 11.3 Å². The van der Waals surface area contributed by atoms with E-state index < -0.39 is 33.6 Å². The average Bonchev–Trinajstić information content (AvgIpc) is 3.42. The van der Waals surface area contributed by atoms with Crippen molar-refractivity contribution in [2.24, 2.45) is 5.73 Å². The fourth-order valence-corrected chi connectivity index (χ4v) is 10.9. The van der Waals surface area contributed by atoms with Gasteiger partial charge in [0.2, 0.25) is 21.7 Å². The zero-order valence-electron chi connectivity index (χ0n) is 48.5. The fourth-order valence-electron chi connectivity index (χ4n) is 9.84. The van der Waals surface area contributed by atoms with Gasteiger partial charge in [0.15, 0.2) is 33.4 Å². The number of nitrogens with one attached hydrogen (secondary N) is 6. The summed E-state index contributed by atoms with van der Waals surface area (Å²) in [7, 11) is 1.93. The summed E-state index contributed by atoms with van der Waals surface area (Å²) in [6.45, 7) is 12.7. The van der Waals surface area contributed by atoms with Crippen LogP contribution in [0.1, 0.15) is 78.9 Å². The highest BCUT2D eigenvalue weighted by Gasteiger charge is 2.19. The number of carbonyl (C=O) groups is 2. The second-order valence-corrected chi connectivity index (χ2v) is 21.7. The van der Waals surface area contributed by atoms with Crippen molar-refractivity contribution < 1.29 is 27.9 Å². The van der Waals surface area contributed by atoms with Crippen molar-refractivity contribution in [1.82, 2.24) is 30.6 Å². The smallest absolute Gasteiger partial charge is 0.338 e. The number of aromatic amines is 2. The van der Waals surface area contributed by atoms with E-state index in [1.165, 1.54) is 11.6 Å². The number of hydrogen-bond acceptors (Lipinski definition) is 18. The topological polar surface area (TPSA) is 328 Å². The molecule has 0 fully saturated rings. The Morgan fingerprint density at radius 2 is 1.30 bits per heavy atom. The number of hydrogen-bond donors (Lipinski definition) is 8. The number of nitrogens with two attached hydrogens (primary N) is 1. The van der Waals surface area contributed by atoms with Gasteiger partial charge < -0.3 is 55.3 Å². The maximum Gasteiger partial charge on any atom is 0.338 e. The molecule has 21 nitrogen and oxygen atoms in total. The Balaban J connectivity index is 0.000000130. The molecule has 8 aliphatic rings. The third-order valence-electron chi connectivity index (χ3n) is 14.4. The summed E-state index contributed by atoms with van der Waals surface area (Å²) in [6.07, 6.45) is 0.950. The van der Waals surface area contributed by atoms with E-state index in [0.717, 1.165) is 86.0 Å². The predicted molar refractivity (Wildman–Crippen MR) is 342 cm³/mol. The molecule has 22 heteroatoms. The van der Waals surface area contributed by atoms with Crippen LogP contribution in [0.25, 0.3) is 76.3 Å². The maximum absolute atomic E-state index is 12.3. The number of rotatable bonds is 12. The predicted octanol–water partition coefficient (Wildman–Crippen LogP) is 9.45. The highest BCUT2D eigenvalue weighted by molar-refractivity contribution is 7.21. The van der Waals surface area contributed by atoms with Crippen molar-refractivity contribution in [3.63, 3.8) is 0 Å². The van der Waals surface area contributed by atoms with Crippen LogP contribution in [0.2, 0.25) is 0 Å². The number of carboxylic acid groups (broad SMARTS) is 1. The quantitative estimate of drug-likeness (QED) is 0.0321. The Kier molecular flexibility index (Phi) is 17.8. The molecule has 0 saturated carbocycles. The van der Waals surface area contributed by atoms with Crippen LogP contribution in [0.5, 0.6) is 0 Å². The minimum Gasteiger partial charge on any atom is -0.478 e. The average molecular weight is 1200 g/mol. The van der Waals surface area contributed by atoms with Crippen LogP contribution in [0.3, 0.4) is 0 Å². The van der Waals surface area contributed by atoms with Crippen LogP contribution < -0.4 is 59.6 Å². The van der Waals surface area contributed by atoms with Crippen molar-refractivity contribution in [1.29, 1.82) is 0 Å². The number of aromatic nitrogens is 4. The summed E-state index contributed by atoms with van der Waals surface area (Å²) in [5.74, 6) is -1.59. The van der Waals surface area contributed by atoms with E-state index in [4.69, 9.17) is 24.0 Å². The van der Waals surface area contributed by atoms with Gasteiger partial charge >= 0.3 is 5.97 Å². The first-order valence-corrected chi connectivity index (χ1v) is 29.0. The lowest BCUT2D eigenvalue weighted by Gasteiger charge is -2.14. The van der Waals surface area contributed by atoms with Crippen LogP contribution >= 0.6 is 11.3 Å². The number of nitrogens with zero attached hydrogens (tertiary/aromatic N) is 2. The lowest BCUT2D eigenvalue weighted by atomic mass is 10.0. The summed E-state index contributed by atoms with van der Waals surface area (Å²) in [4.78, 5) is 110. The van der Waals surface area contributed by atoms with Crippen LogP contribution in [-0.4, -0.2) is 63.1 Å². The fraction of sp³-hybridized carbons (Fsp3) is 0.182. The van der Waals surface area contributed by atoms with Crippen LogP contribution in [0.15, 0.2) is 175 Å². The van der Waals surface area contributed by atoms with Crippen molar-refractivity contribution in [3.8, 4) is 22.0 Å². The van der Waals surface area contributed by atoms with Crippen molar-refractivity contribution in [2.75, 3.05) is 30.8 Å². The molecule has 0 aromatic heterocycles. The molecule has 0 radical (unpaired) electrons. The highest BCUT2D eigenvalue weighted by Crippen LogP contribution is 2.32. The van der Waals surface area contributed by atoms with E-state index in [2.05, 4.69) is 75.2 Å². The summed E-state index contributed by atoms with van der Waals surface area (Å²) >= 11 is 1.62. The summed E-state index contributed by atoms with van der Waals surface area (Å²) in [5, 5.41) is 23.7. The number of benzene rings is 7. The number of carboxylic acids is 1. The Bertz CT molecular complexity index is 5290. The summed E-state index contributed by atoms with van der Waals surface area (Å²) in [5.41, 5.74) is 10.9. The molecule has 9 N–H and O–H groups in total. The third kappa shape index (κ3) is 12.8. The van der Waals surface area contributed by atoms with E-state index >= 15 is 0 Å². The van der Waals surface area contributed by atoms with Gasteiger partial charge in [-0.2, -0.15) is 0 Å². The highest BCUT2D eigenvalue weighted by atomic mass is 32.1. The van der Waals surface area contributed by atoms with Crippen molar-refractivity contribution >= 4 is 88.9 Å². The minimum absolute atomic E-state index is 0.000741. The standard InChI is InChI=1S/C20H18N2O2.C17H17N3O4.C15H12N2O5.C14H12N2OS/c1-3-21-12(2)13-8-9-16-18(10-13)24-19-11-17(23)14-6-4-5-7-15(14)20(19)22-16;1-3-8(2)19-9-4-5-11-13(6-9)24-16-14(20-11)10(17(18)23)7-12(21)15(16)22;1-2-16-7-3-4-9-11(5-7)22-14-12(17-9)8(15(20)21)6-10(18)13(14)19;1-15-8-9-2-4-11-13(6-9)18-14-7-10(17)3-5-12(14)16-11/h4-12,21H,3H2,1-2H3;4-8,19-20H,3H2,1-2H3,(H2,18,23);3-6,16-17H,2H2,1H3,(H,20,21);2-7,15H,8H2,1H3. The van der Waals surface area contributed by atoms with E-state index in [-0.39, 0.29) is 55.6 Å². The largest absolute Gasteiger partial charge is 0.478 e. The molecular weight excluding hydrogens is 1140 g/mol. The van der Waals surface area contributed by atoms with E-state index in [1.54, 1.807) is 59.9 Å². The molecule has 88 heavy (non-hydrogen) atoms. The number of anilines is 2. The summed E-state index contributed by atoms with van der Waals surface area (Å²) in [6, 6.07) is 39.1. The first-order chi connectivity index (χ1) is 42.3. The van der Waals surface area contributed by atoms with E-state index in [9.17, 15) is 43.5 Å². The molecule has 2 atom stereocenters. The van der Waals surface area contributed by atoms with Gasteiger partial charge in [0.05, 0.1) is 48.3 Å². The molecular formula is C66H59N9O12S. The first kappa shape index (κ1) is 60.4. The monoisotopic (exact) mass is 1200 g/mol. The molecule has 4 aliphatic carbocycles. The van der Waals surface area contributed by atoms with Gasteiger partial charge in [-0.3, -0.25) is 33.6 Å². The number of aromatic carboxylic acids is 1. The number of fused-ring (bicyclic) bond motifs is 8. The molecule has 4 aliphatic heterocycles.